The molecule has 1 fully saturated rings. The summed E-state index contributed by atoms with van der Waals surface area (Å²) in [5, 5.41) is 0. The minimum Gasteiger partial charge on any atom is -0.357 e. The summed E-state index contributed by atoms with van der Waals surface area (Å²) in [4.78, 5) is 6.37. The first kappa shape index (κ1) is 12.2. The van der Waals surface area contributed by atoms with Crippen molar-refractivity contribution in [1.82, 2.24) is 4.98 Å². The summed E-state index contributed by atoms with van der Waals surface area (Å²) in [5.74, 6) is 0.844. The number of rotatable bonds is 3. The highest BCUT2D eigenvalue weighted by Crippen LogP contribution is 2.26. The fraction of sp³-hybridized carbons (Fsp3) is 0.583. The Bertz CT molecular complexity index is 370. The Labute approximate surface area is 99.6 Å². The molecule has 0 amide bonds. The molecule has 2 heterocycles. The fourth-order valence-corrected chi connectivity index (χ4v) is 1.96. The normalized spacial score (nSPS) is 19.7. The maximum atomic E-state index is 12.7. The molecule has 0 aromatic carbocycles. The van der Waals surface area contributed by atoms with E-state index in [1.54, 1.807) is 12.1 Å². The molecule has 1 aliphatic rings. The second-order valence-electron chi connectivity index (χ2n) is 4.68. The molecular formula is C12H17F2N3. The lowest BCUT2D eigenvalue weighted by Crippen LogP contribution is -2.40. The van der Waals surface area contributed by atoms with Crippen LogP contribution in [-0.4, -0.2) is 24.5 Å². The molecular weight excluding hydrogens is 224 g/mol. The Morgan fingerprint density at radius 2 is 2.00 bits per heavy atom. The van der Waals surface area contributed by atoms with E-state index < -0.39 is 12.0 Å². The van der Waals surface area contributed by atoms with Crippen molar-refractivity contribution in [3.05, 3.63) is 23.9 Å². The Morgan fingerprint density at radius 1 is 1.35 bits per heavy atom. The van der Waals surface area contributed by atoms with Crippen LogP contribution in [0.3, 0.4) is 0 Å². The topological polar surface area (TPSA) is 42.1 Å². The van der Waals surface area contributed by atoms with Gasteiger partial charge in [0, 0.05) is 19.3 Å². The lowest BCUT2D eigenvalue weighted by atomic mass is 9.95. The molecule has 17 heavy (non-hydrogen) atoms. The molecule has 1 atom stereocenters. The highest BCUT2D eigenvalue weighted by molar-refractivity contribution is 5.41. The van der Waals surface area contributed by atoms with Gasteiger partial charge in [-0.3, -0.25) is 0 Å². The minimum absolute atomic E-state index is 0.371. The van der Waals surface area contributed by atoms with Crippen molar-refractivity contribution in [2.45, 2.75) is 31.7 Å². The summed E-state index contributed by atoms with van der Waals surface area (Å²) < 4.78 is 25.5. The van der Waals surface area contributed by atoms with Crippen LogP contribution >= 0.6 is 0 Å². The zero-order valence-corrected chi connectivity index (χ0v) is 9.87. The van der Waals surface area contributed by atoms with Crippen LogP contribution in [0.1, 0.15) is 25.3 Å². The van der Waals surface area contributed by atoms with Gasteiger partial charge < -0.3 is 10.6 Å². The number of aromatic nitrogens is 1. The predicted molar refractivity (Wildman–Crippen MR) is 63.2 cm³/mol. The molecule has 1 aromatic heterocycles. The molecule has 5 heteroatoms. The summed E-state index contributed by atoms with van der Waals surface area (Å²) in [6.45, 7) is 3.30. The van der Waals surface area contributed by atoms with Gasteiger partial charge in [-0.05, 0) is 31.4 Å². The molecule has 1 unspecified atom stereocenters. The first-order valence-corrected chi connectivity index (χ1v) is 5.80. The second-order valence-corrected chi connectivity index (χ2v) is 4.68. The van der Waals surface area contributed by atoms with Gasteiger partial charge in [-0.25, -0.2) is 13.8 Å². The summed E-state index contributed by atoms with van der Waals surface area (Å²) in [5.41, 5.74) is 4.32. The highest BCUT2D eigenvalue weighted by Gasteiger charge is 2.32. The third-order valence-corrected chi connectivity index (χ3v) is 3.25. The molecule has 0 bridgehead atoms. The third-order valence-electron chi connectivity index (χ3n) is 3.25. The molecule has 0 radical (unpaired) electrons. The third kappa shape index (κ3) is 2.39. The zero-order chi connectivity index (χ0) is 12.5. The summed E-state index contributed by atoms with van der Waals surface area (Å²) >= 11 is 0. The molecule has 3 nitrogen and oxygen atoms in total. The van der Waals surface area contributed by atoms with Crippen LogP contribution in [0.4, 0.5) is 14.6 Å². The molecule has 1 aliphatic heterocycles. The van der Waals surface area contributed by atoms with E-state index in [-0.39, 0.29) is 0 Å². The number of hydrogen-bond acceptors (Lipinski definition) is 3. The largest absolute Gasteiger partial charge is 0.357 e. The minimum atomic E-state index is -2.60. The van der Waals surface area contributed by atoms with Gasteiger partial charge >= 0.3 is 0 Å². The number of pyridine rings is 1. The van der Waals surface area contributed by atoms with Crippen molar-refractivity contribution in [2.24, 2.45) is 5.73 Å². The molecule has 1 aromatic rings. The van der Waals surface area contributed by atoms with E-state index in [1.165, 1.54) is 13.1 Å². The maximum absolute atomic E-state index is 12.7. The van der Waals surface area contributed by atoms with E-state index in [2.05, 4.69) is 9.88 Å². The number of anilines is 1. The standard InChI is InChI=1S/C12H17F2N3/c1-12(15,11(13)14)9-4-5-10(16-8-9)17-6-2-3-7-17/h4-5,8,11H,2-3,6-7,15H2,1H3. The fourth-order valence-electron chi connectivity index (χ4n) is 1.96. The number of hydrogen-bond donors (Lipinski definition) is 1. The van der Waals surface area contributed by atoms with Gasteiger partial charge in [0.1, 0.15) is 11.4 Å². The van der Waals surface area contributed by atoms with Gasteiger partial charge in [0.25, 0.3) is 6.43 Å². The molecule has 0 aliphatic carbocycles. The van der Waals surface area contributed by atoms with Gasteiger partial charge in [-0.2, -0.15) is 0 Å². The van der Waals surface area contributed by atoms with Crippen molar-refractivity contribution in [2.75, 3.05) is 18.0 Å². The first-order chi connectivity index (χ1) is 8.01. The van der Waals surface area contributed by atoms with Crippen molar-refractivity contribution in [1.29, 1.82) is 0 Å². The van der Waals surface area contributed by atoms with E-state index in [9.17, 15) is 8.78 Å². The monoisotopic (exact) mass is 241 g/mol. The van der Waals surface area contributed by atoms with E-state index in [4.69, 9.17) is 5.73 Å². The molecule has 0 spiro atoms. The van der Waals surface area contributed by atoms with Gasteiger partial charge in [-0.1, -0.05) is 6.07 Å². The van der Waals surface area contributed by atoms with Gasteiger partial charge in [0.15, 0.2) is 0 Å². The predicted octanol–water partition coefficient (Wildman–Crippen LogP) is 2.12. The average molecular weight is 241 g/mol. The Balaban J connectivity index is 2.17. The van der Waals surface area contributed by atoms with Crippen LogP contribution in [0.5, 0.6) is 0 Å². The van der Waals surface area contributed by atoms with Gasteiger partial charge in [0.2, 0.25) is 0 Å². The molecule has 2 N–H and O–H groups in total. The van der Waals surface area contributed by atoms with E-state index >= 15 is 0 Å². The maximum Gasteiger partial charge on any atom is 0.260 e. The summed E-state index contributed by atoms with van der Waals surface area (Å²) in [6.07, 6.45) is 1.19. The van der Waals surface area contributed by atoms with Crippen LogP contribution in [-0.2, 0) is 5.54 Å². The number of nitrogens with two attached hydrogens (primary N) is 1. The number of alkyl halides is 2. The molecule has 2 rings (SSSR count). The van der Waals surface area contributed by atoms with E-state index in [0.29, 0.717) is 5.56 Å². The van der Waals surface area contributed by atoms with Crippen LogP contribution in [0.2, 0.25) is 0 Å². The number of halogens is 2. The molecule has 94 valence electrons. The smallest absolute Gasteiger partial charge is 0.260 e. The Kier molecular flexibility index (Phi) is 3.28. The quantitative estimate of drug-likeness (QED) is 0.881. The van der Waals surface area contributed by atoms with Crippen LogP contribution < -0.4 is 10.6 Å². The lowest BCUT2D eigenvalue weighted by Gasteiger charge is -2.24. The first-order valence-electron chi connectivity index (χ1n) is 5.80. The van der Waals surface area contributed by atoms with Gasteiger partial charge in [-0.15, -0.1) is 0 Å². The average Bonchev–Trinajstić information content (AvgIpc) is 2.82. The second kappa shape index (κ2) is 4.56. The van der Waals surface area contributed by atoms with Crippen molar-refractivity contribution >= 4 is 5.82 Å². The van der Waals surface area contributed by atoms with E-state index in [0.717, 1.165) is 31.7 Å². The Hall–Kier alpha value is -1.23. The number of nitrogens with zero attached hydrogens (tertiary/aromatic N) is 2. The van der Waals surface area contributed by atoms with Crippen LogP contribution in [0.25, 0.3) is 0 Å². The van der Waals surface area contributed by atoms with Crippen LogP contribution in [0.15, 0.2) is 18.3 Å². The SMILES string of the molecule is CC(N)(c1ccc(N2CCCC2)nc1)C(F)F. The van der Waals surface area contributed by atoms with Crippen molar-refractivity contribution < 1.29 is 8.78 Å². The van der Waals surface area contributed by atoms with Gasteiger partial charge in [0.05, 0.1) is 0 Å². The highest BCUT2D eigenvalue weighted by atomic mass is 19.3. The summed E-state index contributed by atoms with van der Waals surface area (Å²) in [7, 11) is 0. The summed E-state index contributed by atoms with van der Waals surface area (Å²) in [6, 6.07) is 3.42. The lowest BCUT2D eigenvalue weighted by molar-refractivity contribution is 0.0623. The molecule has 0 saturated carbocycles. The van der Waals surface area contributed by atoms with E-state index in [1.807, 2.05) is 0 Å². The van der Waals surface area contributed by atoms with Crippen molar-refractivity contribution in [3.63, 3.8) is 0 Å². The zero-order valence-electron chi connectivity index (χ0n) is 9.87. The molecule has 1 saturated heterocycles. The van der Waals surface area contributed by atoms with Crippen LogP contribution in [0, 0.1) is 0 Å². The van der Waals surface area contributed by atoms with Crippen molar-refractivity contribution in [3.8, 4) is 0 Å². The Morgan fingerprint density at radius 3 is 2.47 bits per heavy atom.